The normalized spacial score (nSPS) is 18.6. The van der Waals surface area contributed by atoms with Crippen LogP contribution in [0.5, 0.6) is 0 Å². The van der Waals surface area contributed by atoms with Gasteiger partial charge in [-0.3, -0.25) is 4.98 Å². The number of hydrogen-bond donors (Lipinski definition) is 2. The van der Waals surface area contributed by atoms with Crippen LogP contribution in [0.3, 0.4) is 0 Å². The molecule has 0 radical (unpaired) electrons. The molecule has 1 aromatic heterocycles. The van der Waals surface area contributed by atoms with Crippen LogP contribution in [0, 0.1) is 5.82 Å². The van der Waals surface area contributed by atoms with Crippen molar-refractivity contribution in [1.82, 2.24) is 20.5 Å². The molecule has 0 bridgehead atoms. The number of likely N-dealkylation sites (tertiary alicyclic amines) is 1. The molecule has 0 unspecified atom stereocenters. The summed E-state index contributed by atoms with van der Waals surface area (Å²) in [5, 5.41) is 5.71. The Kier molecular flexibility index (Phi) is 4.89. The molecule has 20 heavy (non-hydrogen) atoms. The molecule has 1 saturated heterocycles. The van der Waals surface area contributed by atoms with Gasteiger partial charge in [-0.25, -0.2) is 9.18 Å². The molecule has 0 saturated carbocycles. The minimum atomic E-state index is -0.403. The van der Waals surface area contributed by atoms with Gasteiger partial charge in [0.1, 0.15) is 5.82 Å². The number of urea groups is 1. The number of pyridine rings is 1. The number of piperidine rings is 1. The third-order valence-electron chi connectivity index (χ3n) is 3.67. The van der Waals surface area contributed by atoms with Gasteiger partial charge in [0.2, 0.25) is 0 Å². The summed E-state index contributed by atoms with van der Waals surface area (Å²) in [7, 11) is 2.07. The molecule has 0 spiro atoms. The van der Waals surface area contributed by atoms with Crippen LogP contribution in [0.15, 0.2) is 18.5 Å². The summed E-state index contributed by atoms with van der Waals surface area (Å²) in [5.74, 6) is -0.403. The number of hydrogen-bond acceptors (Lipinski definition) is 3. The molecule has 110 valence electrons. The van der Waals surface area contributed by atoms with Crippen molar-refractivity contribution in [1.29, 1.82) is 0 Å². The van der Waals surface area contributed by atoms with Gasteiger partial charge in [-0.1, -0.05) is 0 Å². The van der Waals surface area contributed by atoms with E-state index in [1.807, 2.05) is 0 Å². The lowest BCUT2D eigenvalue weighted by Gasteiger charge is -2.29. The largest absolute Gasteiger partial charge is 0.335 e. The topological polar surface area (TPSA) is 57.3 Å². The molecule has 2 rings (SSSR count). The van der Waals surface area contributed by atoms with Crippen LogP contribution in [-0.2, 0) is 0 Å². The van der Waals surface area contributed by atoms with E-state index >= 15 is 0 Å². The maximum atomic E-state index is 13.6. The van der Waals surface area contributed by atoms with Crippen molar-refractivity contribution in [2.24, 2.45) is 0 Å². The molecule has 2 amide bonds. The van der Waals surface area contributed by atoms with E-state index in [0.29, 0.717) is 5.56 Å². The maximum Gasteiger partial charge on any atom is 0.315 e. The summed E-state index contributed by atoms with van der Waals surface area (Å²) in [5.41, 5.74) is 0.443. The number of nitrogens with one attached hydrogen (secondary N) is 2. The Labute approximate surface area is 118 Å². The molecule has 1 aromatic rings. The van der Waals surface area contributed by atoms with Crippen LogP contribution >= 0.6 is 0 Å². The van der Waals surface area contributed by atoms with E-state index in [2.05, 4.69) is 27.6 Å². The first-order chi connectivity index (χ1) is 9.56. The van der Waals surface area contributed by atoms with Crippen molar-refractivity contribution in [3.8, 4) is 0 Å². The minimum absolute atomic E-state index is 0.195. The van der Waals surface area contributed by atoms with E-state index in [-0.39, 0.29) is 18.1 Å². The Morgan fingerprint density at radius 1 is 1.50 bits per heavy atom. The van der Waals surface area contributed by atoms with E-state index in [4.69, 9.17) is 0 Å². The highest BCUT2D eigenvalue weighted by Crippen LogP contribution is 2.15. The molecule has 6 heteroatoms. The van der Waals surface area contributed by atoms with E-state index in [9.17, 15) is 9.18 Å². The van der Waals surface area contributed by atoms with Crippen molar-refractivity contribution in [3.05, 3.63) is 29.8 Å². The third kappa shape index (κ3) is 3.90. The van der Waals surface area contributed by atoms with E-state index in [1.165, 1.54) is 6.20 Å². The second-order valence-corrected chi connectivity index (χ2v) is 5.31. The number of halogens is 1. The predicted molar refractivity (Wildman–Crippen MR) is 74.8 cm³/mol. The third-order valence-corrected chi connectivity index (χ3v) is 3.67. The molecular formula is C14H21FN4O. The Bertz CT molecular complexity index is 460. The van der Waals surface area contributed by atoms with E-state index < -0.39 is 5.82 Å². The average molecular weight is 280 g/mol. The highest BCUT2D eigenvalue weighted by atomic mass is 19.1. The first-order valence-corrected chi connectivity index (χ1v) is 6.91. The van der Waals surface area contributed by atoms with Crippen LogP contribution in [0.2, 0.25) is 0 Å². The second-order valence-electron chi connectivity index (χ2n) is 5.31. The Hall–Kier alpha value is -1.69. The lowest BCUT2D eigenvalue weighted by molar-refractivity contribution is 0.212. The van der Waals surface area contributed by atoms with Gasteiger partial charge in [0.15, 0.2) is 0 Å². The number of amides is 2. The highest BCUT2D eigenvalue weighted by molar-refractivity contribution is 5.74. The first kappa shape index (κ1) is 14.7. The number of carbonyl (C=O) groups is 1. The molecule has 2 heterocycles. The zero-order valence-corrected chi connectivity index (χ0v) is 11.9. The zero-order chi connectivity index (χ0) is 14.5. The van der Waals surface area contributed by atoms with Crippen molar-refractivity contribution >= 4 is 6.03 Å². The van der Waals surface area contributed by atoms with Gasteiger partial charge in [0.25, 0.3) is 0 Å². The van der Waals surface area contributed by atoms with Crippen molar-refractivity contribution in [2.75, 3.05) is 20.1 Å². The smallest absolute Gasteiger partial charge is 0.315 e. The highest BCUT2D eigenvalue weighted by Gasteiger charge is 2.20. The maximum absolute atomic E-state index is 13.6. The summed E-state index contributed by atoms with van der Waals surface area (Å²) in [6, 6.07) is 1.14. The first-order valence-electron chi connectivity index (χ1n) is 6.91. The molecule has 1 aliphatic heterocycles. The Morgan fingerprint density at radius 2 is 2.20 bits per heavy atom. The molecule has 0 aromatic carbocycles. The van der Waals surface area contributed by atoms with Gasteiger partial charge in [0.05, 0.1) is 12.2 Å². The molecule has 1 aliphatic rings. The number of nitrogens with zero attached hydrogens (tertiary/aromatic N) is 2. The van der Waals surface area contributed by atoms with Crippen LogP contribution in [0.1, 0.15) is 31.4 Å². The lowest BCUT2D eigenvalue weighted by Crippen LogP contribution is -2.47. The molecule has 1 fully saturated rings. The van der Waals surface area contributed by atoms with Gasteiger partial charge < -0.3 is 15.5 Å². The predicted octanol–water partition coefficient (Wildman–Crippen LogP) is 1.68. The number of aromatic nitrogens is 1. The molecule has 0 aliphatic carbocycles. The molecule has 5 nitrogen and oxygen atoms in total. The fraction of sp³-hybridized carbons (Fsp3) is 0.571. The fourth-order valence-corrected chi connectivity index (χ4v) is 2.39. The number of rotatable bonds is 3. The summed E-state index contributed by atoms with van der Waals surface area (Å²) in [4.78, 5) is 17.9. The lowest BCUT2D eigenvalue weighted by atomic mass is 10.1. The van der Waals surface area contributed by atoms with Crippen molar-refractivity contribution < 1.29 is 9.18 Å². The van der Waals surface area contributed by atoms with Crippen molar-refractivity contribution in [3.63, 3.8) is 0 Å². The molecule has 2 N–H and O–H groups in total. The van der Waals surface area contributed by atoms with E-state index in [0.717, 1.165) is 32.1 Å². The van der Waals surface area contributed by atoms with Crippen LogP contribution in [0.25, 0.3) is 0 Å². The zero-order valence-electron chi connectivity index (χ0n) is 11.9. The van der Waals surface area contributed by atoms with E-state index in [1.54, 1.807) is 13.0 Å². The van der Waals surface area contributed by atoms with Gasteiger partial charge in [0, 0.05) is 17.8 Å². The Morgan fingerprint density at radius 3 is 2.85 bits per heavy atom. The SMILES string of the molecule is C[C@H](NC(=O)NC1CCN(C)CC1)c1ccncc1F. The second kappa shape index (κ2) is 6.65. The number of carbonyl (C=O) groups excluding carboxylic acids is 1. The minimum Gasteiger partial charge on any atom is -0.335 e. The van der Waals surface area contributed by atoms with Crippen molar-refractivity contribution in [2.45, 2.75) is 31.8 Å². The molecule has 1 atom stereocenters. The quantitative estimate of drug-likeness (QED) is 0.885. The van der Waals surface area contributed by atoms with Crippen LogP contribution in [-0.4, -0.2) is 42.1 Å². The summed E-state index contributed by atoms with van der Waals surface area (Å²) in [6.45, 7) is 3.73. The summed E-state index contributed by atoms with van der Waals surface area (Å²) < 4.78 is 13.6. The van der Waals surface area contributed by atoms with Crippen LogP contribution in [0.4, 0.5) is 9.18 Å². The van der Waals surface area contributed by atoms with Gasteiger partial charge in [-0.05, 0) is 46.0 Å². The Balaban J connectivity index is 1.84. The average Bonchev–Trinajstić information content (AvgIpc) is 2.41. The van der Waals surface area contributed by atoms with Gasteiger partial charge in [-0.2, -0.15) is 0 Å². The summed E-state index contributed by atoms with van der Waals surface area (Å²) in [6.07, 6.45) is 4.57. The molecular weight excluding hydrogens is 259 g/mol. The van der Waals surface area contributed by atoms with Crippen LogP contribution < -0.4 is 10.6 Å². The van der Waals surface area contributed by atoms with Gasteiger partial charge in [-0.15, -0.1) is 0 Å². The summed E-state index contributed by atoms with van der Waals surface area (Å²) >= 11 is 0. The fourth-order valence-electron chi connectivity index (χ4n) is 2.39. The van der Waals surface area contributed by atoms with Gasteiger partial charge >= 0.3 is 6.03 Å². The monoisotopic (exact) mass is 280 g/mol. The standard InChI is InChI=1S/C14H21FN4O/c1-10(12-3-6-16-9-13(12)15)17-14(20)18-11-4-7-19(2)8-5-11/h3,6,9-11H,4-5,7-8H2,1-2H3,(H2,17,18,20)/t10-/m0/s1.